The molecule has 0 bridgehead atoms. The van der Waals surface area contributed by atoms with E-state index in [1.165, 1.54) is 0 Å². The molecule has 1 aromatic heterocycles. The Morgan fingerprint density at radius 3 is 2.86 bits per heavy atom. The summed E-state index contributed by atoms with van der Waals surface area (Å²) in [7, 11) is 0. The maximum Gasteiger partial charge on any atom is 0.248 e. The largest absolute Gasteiger partial charge is 0.343 e. The Hall–Kier alpha value is -1.92. The number of likely N-dealkylation sites (tertiary alicyclic amines) is 1. The van der Waals surface area contributed by atoms with Crippen LogP contribution in [-0.2, 0) is 16.0 Å². The molecule has 1 N–H and O–H groups in total. The molecule has 0 spiro atoms. The summed E-state index contributed by atoms with van der Waals surface area (Å²) in [6.07, 6.45) is 3.03. The van der Waals surface area contributed by atoms with Gasteiger partial charge in [-0.05, 0) is 26.7 Å². The van der Waals surface area contributed by atoms with Crippen molar-refractivity contribution >= 4 is 11.8 Å². The van der Waals surface area contributed by atoms with E-state index in [4.69, 9.17) is 4.52 Å². The first-order valence-electron chi connectivity index (χ1n) is 7.45. The third-order valence-electron chi connectivity index (χ3n) is 3.64. The Morgan fingerprint density at radius 1 is 1.48 bits per heavy atom. The molecule has 7 heteroatoms. The number of nitrogens with one attached hydrogen (secondary N) is 1. The average molecular weight is 294 g/mol. The minimum Gasteiger partial charge on any atom is -0.343 e. The third-order valence-corrected chi connectivity index (χ3v) is 3.64. The maximum atomic E-state index is 12.2. The lowest BCUT2D eigenvalue weighted by Crippen LogP contribution is -2.46. The number of nitrogens with zero attached hydrogens (tertiary/aromatic N) is 3. The van der Waals surface area contributed by atoms with E-state index < -0.39 is 6.04 Å². The Bertz CT molecular complexity index is 514. The first kappa shape index (κ1) is 15.5. The molecule has 0 unspecified atom stereocenters. The van der Waals surface area contributed by atoms with Crippen LogP contribution in [0.1, 0.15) is 57.8 Å². The molecule has 1 fully saturated rings. The fourth-order valence-corrected chi connectivity index (χ4v) is 2.38. The van der Waals surface area contributed by atoms with Crippen LogP contribution in [0.25, 0.3) is 0 Å². The van der Waals surface area contributed by atoms with Crippen LogP contribution >= 0.6 is 0 Å². The summed E-state index contributed by atoms with van der Waals surface area (Å²) in [6, 6.07) is -0.837. The van der Waals surface area contributed by atoms with E-state index in [2.05, 4.69) is 15.5 Å². The van der Waals surface area contributed by atoms with Crippen molar-refractivity contribution in [1.82, 2.24) is 20.4 Å². The van der Waals surface area contributed by atoms with Crippen LogP contribution in [0.4, 0.5) is 0 Å². The fourth-order valence-electron chi connectivity index (χ4n) is 2.38. The lowest BCUT2D eigenvalue weighted by molar-refractivity contribution is -0.137. The first-order chi connectivity index (χ1) is 10.0. The number of rotatable bonds is 6. The first-order valence-corrected chi connectivity index (χ1v) is 7.45. The Balaban J connectivity index is 1.93. The van der Waals surface area contributed by atoms with E-state index >= 15 is 0 Å². The molecule has 1 saturated heterocycles. The van der Waals surface area contributed by atoms with Gasteiger partial charge in [0.1, 0.15) is 12.1 Å². The zero-order valence-corrected chi connectivity index (χ0v) is 12.8. The van der Waals surface area contributed by atoms with Crippen LogP contribution in [0.15, 0.2) is 4.52 Å². The number of aromatic nitrogens is 2. The quantitative estimate of drug-likeness (QED) is 0.852. The van der Waals surface area contributed by atoms with Crippen molar-refractivity contribution in [3.05, 3.63) is 11.7 Å². The van der Waals surface area contributed by atoms with Gasteiger partial charge in [-0.1, -0.05) is 12.1 Å². The molecule has 2 rings (SSSR count). The minimum absolute atomic E-state index is 0.0355. The average Bonchev–Trinajstić information content (AvgIpc) is 3.07. The van der Waals surface area contributed by atoms with Gasteiger partial charge in [-0.25, -0.2) is 0 Å². The zero-order chi connectivity index (χ0) is 15.4. The number of carbonyl (C=O) groups is 2. The van der Waals surface area contributed by atoms with Gasteiger partial charge in [-0.2, -0.15) is 4.98 Å². The molecule has 0 radical (unpaired) electrons. The molecule has 0 aromatic carbocycles. The van der Waals surface area contributed by atoms with Crippen molar-refractivity contribution in [1.29, 1.82) is 0 Å². The lowest BCUT2D eigenvalue weighted by atomic mass is 10.2. The van der Waals surface area contributed by atoms with Crippen molar-refractivity contribution < 1.29 is 14.1 Å². The van der Waals surface area contributed by atoms with Crippen LogP contribution in [0, 0.1) is 0 Å². The van der Waals surface area contributed by atoms with Crippen LogP contribution in [-0.4, -0.2) is 39.4 Å². The van der Waals surface area contributed by atoms with Gasteiger partial charge >= 0.3 is 0 Å². The SMILES string of the molecule is CCCc1noc([C@@H](C)NC(=O)[C@H](C)N2CCCC2=O)n1. The monoisotopic (exact) mass is 294 g/mol. The molecule has 21 heavy (non-hydrogen) atoms. The summed E-state index contributed by atoms with van der Waals surface area (Å²) < 4.78 is 5.15. The molecule has 1 aliphatic heterocycles. The van der Waals surface area contributed by atoms with Gasteiger partial charge in [0.2, 0.25) is 17.7 Å². The standard InChI is InChI=1S/C14H22N4O3/c1-4-6-11-16-14(21-17-11)9(2)15-13(20)10(3)18-8-5-7-12(18)19/h9-10H,4-8H2,1-3H3,(H,15,20)/t9-,10+/m1/s1. The summed E-state index contributed by atoms with van der Waals surface area (Å²) in [4.78, 5) is 29.7. The lowest BCUT2D eigenvalue weighted by Gasteiger charge is -2.24. The summed E-state index contributed by atoms with van der Waals surface area (Å²) in [5, 5.41) is 6.69. The van der Waals surface area contributed by atoms with Crippen molar-refractivity contribution in [2.75, 3.05) is 6.54 Å². The molecule has 1 aromatic rings. The summed E-state index contributed by atoms with van der Waals surface area (Å²) in [5.74, 6) is 0.879. The van der Waals surface area contributed by atoms with Crippen molar-refractivity contribution in [2.45, 2.75) is 58.5 Å². The molecule has 116 valence electrons. The highest BCUT2D eigenvalue weighted by Gasteiger charge is 2.30. The number of aryl methyl sites for hydroxylation is 1. The zero-order valence-electron chi connectivity index (χ0n) is 12.8. The topological polar surface area (TPSA) is 88.3 Å². The van der Waals surface area contributed by atoms with Crippen LogP contribution < -0.4 is 5.32 Å². The van der Waals surface area contributed by atoms with Gasteiger partial charge in [0.15, 0.2) is 5.82 Å². The van der Waals surface area contributed by atoms with Gasteiger partial charge in [0.25, 0.3) is 0 Å². The summed E-state index contributed by atoms with van der Waals surface area (Å²) in [6.45, 7) is 6.21. The van der Waals surface area contributed by atoms with Crippen molar-refractivity contribution in [2.24, 2.45) is 0 Å². The number of hydrogen-bond donors (Lipinski definition) is 1. The highest BCUT2D eigenvalue weighted by Crippen LogP contribution is 2.15. The minimum atomic E-state index is -0.472. The second kappa shape index (κ2) is 6.69. The number of amides is 2. The van der Waals surface area contributed by atoms with E-state index in [1.54, 1.807) is 18.7 Å². The predicted molar refractivity (Wildman–Crippen MR) is 75.3 cm³/mol. The van der Waals surface area contributed by atoms with Gasteiger partial charge in [-0.3, -0.25) is 9.59 Å². The van der Waals surface area contributed by atoms with Gasteiger partial charge in [0.05, 0.1) is 0 Å². The third kappa shape index (κ3) is 3.59. The highest BCUT2D eigenvalue weighted by molar-refractivity contribution is 5.88. The molecule has 2 atom stereocenters. The Kier molecular flexibility index (Phi) is 4.93. The van der Waals surface area contributed by atoms with Crippen molar-refractivity contribution in [3.8, 4) is 0 Å². The molecule has 2 heterocycles. The Labute approximate surface area is 124 Å². The fraction of sp³-hybridized carbons (Fsp3) is 0.714. The molecule has 2 amide bonds. The van der Waals surface area contributed by atoms with E-state index in [0.717, 1.165) is 19.3 Å². The van der Waals surface area contributed by atoms with Gasteiger partial charge < -0.3 is 14.7 Å². The Morgan fingerprint density at radius 2 is 2.24 bits per heavy atom. The molecular weight excluding hydrogens is 272 g/mol. The highest BCUT2D eigenvalue weighted by atomic mass is 16.5. The van der Waals surface area contributed by atoms with Crippen molar-refractivity contribution in [3.63, 3.8) is 0 Å². The smallest absolute Gasteiger partial charge is 0.248 e. The molecule has 7 nitrogen and oxygen atoms in total. The maximum absolute atomic E-state index is 12.2. The number of hydrogen-bond acceptors (Lipinski definition) is 5. The van der Waals surface area contributed by atoms with Crippen LogP contribution in [0.5, 0.6) is 0 Å². The molecule has 1 aliphatic rings. The predicted octanol–water partition coefficient (Wildman–Crippen LogP) is 1.21. The van der Waals surface area contributed by atoms with E-state index in [0.29, 0.717) is 24.7 Å². The molecule has 0 saturated carbocycles. The molecule has 0 aliphatic carbocycles. The van der Waals surface area contributed by atoms with E-state index in [-0.39, 0.29) is 17.9 Å². The summed E-state index contributed by atoms with van der Waals surface area (Å²) >= 11 is 0. The van der Waals surface area contributed by atoms with Crippen LogP contribution in [0.3, 0.4) is 0 Å². The normalized spacial score (nSPS) is 17.9. The van der Waals surface area contributed by atoms with Gasteiger partial charge in [-0.15, -0.1) is 0 Å². The second-order valence-corrected chi connectivity index (χ2v) is 5.40. The number of carbonyl (C=O) groups excluding carboxylic acids is 2. The van der Waals surface area contributed by atoms with Gasteiger partial charge in [0, 0.05) is 19.4 Å². The molecular formula is C14H22N4O3. The second-order valence-electron chi connectivity index (χ2n) is 5.40. The van der Waals surface area contributed by atoms with Crippen LogP contribution in [0.2, 0.25) is 0 Å². The van der Waals surface area contributed by atoms with E-state index in [9.17, 15) is 9.59 Å². The van der Waals surface area contributed by atoms with E-state index in [1.807, 2.05) is 6.92 Å². The summed E-state index contributed by atoms with van der Waals surface area (Å²) in [5.41, 5.74) is 0.